The Morgan fingerprint density at radius 1 is 1.40 bits per heavy atom. The Morgan fingerprint density at radius 2 is 2.20 bits per heavy atom. The van der Waals surface area contributed by atoms with Crippen molar-refractivity contribution in [2.45, 2.75) is 18.4 Å². The minimum atomic E-state index is -0.943. The van der Waals surface area contributed by atoms with Gasteiger partial charge in [0.15, 0.2) is 0 Å². The van der Waals surface area contributed by atoms with Gasteiger partial charge in [-0.05, 0) is 37.6 Å². The van der Waals surface area contributed by atoms with Gasteiger partial charge in [0.2, 0.25) is 0 Å². The molecule has 0 aromatic heterocycles. The van der Waals surface area contributed by atoms with Crippen LogP contribution in [0.2, 0.25) is 0 Å². The number of nitrogen functional groups attached to an aromatic ring is 1. The molecule has 1 atom stereocenters. The lowest BCUT2D eigenvalue weighted by molar-refractivity contribution is 0.0128. The van der Waals surface area contributed by atoms with E-state index in [9.17, 15) is 10.2 Å². The summed E-state index contributed by atoms with van der Waals surface area (Å²) in [4.78, 5) is 0. The molecule has 2 rings (SSSR count). The van der Waals surface area contributed by atoms with Crippen LogP contribution in [0, 0.1) is 0 Å². The molecule has 0 saturated carbocycles. The number of rotatable bonds is 1. The van der Waals surface area contributed by atoms with Gasteiger partial charge >= 0.3 is 0 Å². The largest absolute Gasteiger partial charge is 0.508 e. The SMILES string of the molecule is Nc1ccc(O)cc1C1(O)CCCNC1. The van der Waals surface area contributed by atoms with E-state index in [1.165, 1.54) is 6.07 Å². The Bertz CT molecular complexity index is 360. The molecule has 82 valence electrons. The molecule has 1 unspecified atom stereocenters. The van der Waals surface area contributed by atoms with Crippen LogP contribution in [0.4, 0.5) is 5.69 Å². The molecule has 0 spiro atoms. The van der Waals surface area contributed by atoms with Gasteiger partial charge < -0.3 is 21.3 Å². The summed E-state index contributed by atoms with van der Waals surface area (Å²) in [5, 5.41) is 22.9. The maximum atomic E-state index is 10.4. The number of aliphatic hydroxyl groups is 1. The van der Waals surface area contributed by atoms with Crippen LogP contribution < -0.4 is 11.1 Å². The van der Waals surface area contributed by atoms with E-state index in [1.807, 2.05) is 0 Å². The second-order valence-electron chi connectivity index (χ2n) is 4.08. The number of anilines is 1. The predicted molar refractivity (Wildman–Crippen MR) is 58.5 cm³/mol. The molecule has 1 fully saturated rings. The number of β-amino-alcohol motifs (C(OH)–C–C–N with tert-alkyl or cyclic N) is 1. The van der Waals surface area contributed by atoms with Gasteiger partial charge in [-0.15, -0.1) is 0 Å². The second-order valence-corrected chi connectivity index (χ2v) is 4.08. The lowest BCUT2D eigenvalue weighted by atomic mass is 9.85. The molecule has 0 amide bonds. The first kappa shape index (κ1) is 10.3. The summed E-state index contributed by atoms with van der Waals surface area (Å²) < 4.78 is 0. The minimum absolute atomic E-state index is 0.137. The first-order valence-electron chi connectivity index (χ1n) is 5.14. The summed E-state index contributed by atoms with van der Waals surface area (Å²) in [7, 11) is 0. The Labute approximate surface area is 88.7 Å². The number of phenols is 1. The van der Waals surface area contributed by atoms with Crippen LogP contribution >= 0.6 is 0 Å². The fourth-order valence-corrected chi connectivity index (χ4v) is 2.07. The number of phenolic OH excluding ortho intramolecular Hbond substituents is 1. The van der Waals surface area contributed by atoms with E-state index in [0.29, 0.717) is 24.2 Å². The van der Waals surface area contributed by atoms with E-state index in [1.54, 1.807) is 12.1 Å². The molecular weight excluding hydrogens is 192 g/mol. The van der Waals surface area contributed by atoms with E-state index in [-0.39, 0.29) is 5.75 Å². The average molecular weight is 208 g/mol. The first-order valence-corrected chi connectivity index (χ1v) is 5.14. The number of nitrogens with one attached hydrogen (secondary N) is 1. The van der Waals surface area contributed by atoms with E-state index >= 15 is 0 Å². The second kappa shape index (κ2) is 3.72. The highest BCUT2D eigenvalue weighted by atomic mass is 16.3. The van der Waals surface area contributed by atoms with Crippen molar-refractivity contribution < 1.29 is 10.2 Å². The van der Waals surface area contributed by atoms with Crippen molar-refractivity contribution in [2.24, 2.45) is 0 Å². The Balaban J connectivity index is 2.38. The number of hydrogen-bond acceptors (Lipinski definition) is 4. The van der Waals surface area contributed by atoms with E-state index < -0.39 is 5.60 Å². The summed E-state index contributed by atoms with van der Waals surface area (Å²) in [6, 6.07) is 4.69. The van der Waals surface area contributed by atoms with Crippen LogP contribution in [-0.4, -0.2) is 23.3 Å². The van der Waals surface area contributed by atoms with Crippen molar-refractivity contribution in [3.8, 4) is 5.75 Å². The van der Waals surface area contributed by atoms with Crippen molar-refractivity contribution in [3.05, 3.63) is 23.8 Å². The monoisotopic (exact) mass is 208 g/mol. The summed E-state index contributed by atoms with van der Waals surface area (Å²) in [5.74, 6) is 0.137. The van der Waals surface area contributed by atoms with Gasteiger partial charge in [-0.1, -0.05) is 0 Å². The molecule has 1 aliphatic rings. The highest BCUT2D eigenvalue weighted by molar-refractivity contribution is 5.53. The highest BCUT2D eigenvalue weighted by Crippen LogP contribution is 2.34. The molecular formula is C11H16N2O2. The molecule has 0 bridgehead atoms. The Kier molecular flexibility index (Phi) is 2.54. The van der Waals surface area contributed by atoms with Crippen molar-refractivity contribution in [2.75, 3.05) is 18.8 Å². The fraction of sp³-hybridized carbons (Fsp3) is 0.455. The predicted octanol–water partition coefficient (Wildman–Crippen LogP) is 0.545. The molecule has 1 saturated heterocycles. The summed E-state index contributed by atoms with van der Waals surface area (Å²) >= 11 is 0. The average Bonchev–Trinajstić information content (AvgIpc) is 2.23. The topological polar surface area (TPSA) is 78.5 Å². The minimum Gasteiger partial charge on any atom is -0.508 e. The number of hydrogen-bond donors (Lipinski definition) is 4. The van der Waals surface area contributed by atoms with Crippen molar-refractivity contribution in [1.29, 1.82) is 0 Å². The van der Waals surface area contributed by atoms with Gasteiger partial charge in [0.1, 0.15) is 11.4 Å². The standard InChI is InChI=1S/C11H16N2O2/c12-10-3-2-8(14)6-9(10)11(15)4-1-5-13-7-11/h2-3,6,13-15H,1,4-5,7,12H2. The molecule has 0 radical (unpaired) electrons. The molecule has 15 heavy (non-hydrogen) atoms. The molecule has 5 N–H and O–H groups in total. The van der Waals surface area contributed by atoms with Gasteiger partial charge in [-0.3, -0.25) is 0 Å². The van der Waals surface area contributed by atoms with Crippen LogP contribution in [0.5, 0.6) is 5.75 Å². The van der Waals surface area contributed by atoms with Gasteiger partial charge in [0, 0.05) is 17.8 Å². The van der Waals surface area contributed by atoms with E-state index in [0.717, 1.165) is 13.0 Å². The maximum absolute atomic E-state index is 10.4. The third-order valence-electron chi connectivity index (χ3n) is 2.90. The lowest BCUT2D eigenvalue weighted by Crippen LogP contribution is -2.43. The zero-order valence-electron chi connectivity index (χ0n) is 8.53. The molecule has 1 aliphatic heterocycles. The van der Waals surface area contributed by atoms with E-state index in [4.69, 9.17) is 5.73 Å². The van der Waals surface area contributed by atoms with E-state index in [2.05, 4.69) is 5.32 Å². The molecule has 4 heteroatoms. The van der Waals surface area contributed by atoms with Gasteiger partial charge in [-0.25, -0.2) is 0 Å². The number of aromatic hydroxyl groups is 1. The number of nitrogens with two attached hydrogens (primary N) is 1. The summed E-state index contributed by atoms with van der Waals surface area (Å²) in [6.07, 6.45) is 1.58. The zero-order valence-corrected chi connectivity index (χ0v) is 8.53. The van der Waals surface area contributed by atoms with Gasteiger partial charge in [0.25, 0.3) is 0 Å². The summed E-state index contributed by atoms with van der Waals surface area (Å²) in [5.41, 5.74) is 6.01. The Hall–Kier alpha value is -1.26. The maximum Gasteiger partial charge on any atom is 0.116 e. The quantitative estimate of drug-likeness (QED) is 0.401. The number of piperidine rings is 1. The summed E-state index contributed by atoms with van der Waals surface area (Å²) in [6.45, 7) is 1.40. The molecule has 4 nitrogen and oxygen atoms in total. The Morgan fingerprint density at radius 3 is 2.87 bits per heavy atom. The van der Waals surface area contributed by atoms with Crippen molar-refractivity contribution in [3.63, 3.8) is 0 Å². The van der Waals surface area contributed by atoms with Crippen molar-refractivity contribution >= 4 is 5.69 Å². The third-order valence-corrected chi connectivity index (χ3v) is 2.90. The van der Waals surface area contributed by atoms with Crippen LogP contribution in [0.25, 0.3) is 0 Å². The molecule has 1 heterocycles. The first-order chi connectivity index (χ1) is 7.12. The molecule has 1 aromatic rings. The van der Waals surface area contributed by atoms with Crippen LogP contribution in [-0.2, 0) is 5.60 Å². The fourth-order valence-electron chi connectivity index (χ4n) is 2.07. The molecule has 1 aromatic carbocycles. The third kappa shape index (κ3) is 1.91. The van der Waals surface area contributed by atoms with Gasteiger partial charge in [0.05, 0.1) is 0 Å². The smallest absolute Gasteiger partial charge is 0.116 e. The van der Waals surface area contributed by atoms with Crippen LogP contribution in [0.3, 0.4) is 0 Å². The zero-order chi connectivity index (χ0) is 10.9. The van der Waals surface area contributed by atoms with Crippen LogP contribution in [0.1, 0.15) is 18.4 Å². The lowest BCUT2D eigenvalue weighted by Gasteiger charge is -2.34. The van der Waals surface area contributed by atoms with Crippen LogP contribution in [0.15, 0.2) is 18.2 Å². The normalized spacial score (nSPS) is 26.5. The highest BCUT2D eigenvalue weighted by Gasteiger charge is 2.32. The number of benzene rings is 1. The molecule has 0 aliphatic carbocycles. The van der Waals surface area contributed by atoms with Gasteiger partial charge in [-0.2, -0.15) is 0 Å². The van der Waals surface area contributed by atoms with Crippen molar-refractivity contribution in [1.82, 2.24) is 5.32 Å².